The summed E-state index contributed by atoms with van der Waals surface area (Å²) in [6.45, 7) is 1.54. The lowest BCUT2D eigenvalue weighted by Gasteiger charge is -2.19. The molecule has 4 heterocycles. The van der Waals surface area contributed by atoms with Crippen LogP contribution in [0.2, 0.25) is 0 Å². The van der Waals surface area contributed by atoms with Crippen LogP contribution in [0.15, 0.2) is 17.5 Å². The van der Waals surface area contributed by atoms with Crippen molar-refractivity contribution >= 4 is 33.5 Å². The summed E-state index contributed by atoms with van der Waals surface area (Å²) < 4.78 is 5.36. The highest BCUT2D eigenvalue weighted by Crippen LogP contribution is 2.29. The van der Waals surface area contributed by atoms with Gasteiger partial charge in [-0.2, -0.15) is 10.3 Å². The van der Waals surface area contributed by atoms with Gasteiger partial charge in [0.15, 0.2) is 5.13 Å². The average Bonchev–Trinajstić information content (AvgIpc) is 3.24. The Morgan fingerprint density at radius 1 is 1.26 bits per heavy atom. The van der Waals surface area contributed by atoms with Crippen molar-refractivity contribution in [1.29, 1.82) is 0 Å². The monoisotopic (exact) mass is 330 g/mol. The largest absolute Gasteiger partial charge is 0.381 e. The molecule has 2 N–H and O–H groups in total. The molecular weight excluding hydrogens is 316 g/mol. The van der Waals surface area contributed by atoms with Gasteiger partial charge in [0.2, 0.25) is 5.65 Å². The van der Waals surface area contributed by atoms with E-state index in [9.17, 15) is 4.79 Å². The molecule has 1 aliphatic heterocycles. The molecule has 0 saturated carbocycles. The Morgan fingerprint density at radius 3 is 3.00 bits per heavy atom. The summed E-state index contributed by atoms with van der Waals surface area (Å²) in [5.74, 6) is 0.109. The number of pyridine rings is 1. The van der Waals surface area contributed by atoms with Gasteiger partial charge in [-0.25, -0.2) is 9.97 Å². The molecule has 23 heavy (non-hydrogen) atoms. The normalized spacial score (nSPS) is 15.8. The van der Waals surface area contributed by atoms with Crippen molar-refractivity contribution in [3.8, 4) is 0 Å². The lowest BCUT2D eigenvalue weighted by molar-refractivity contribution is 0.0846. The maximum Gasteiger partial charge on any atom is 0.276 e. The zero-order chi connectivity index (χ0) is 15.6. The van der Waals surface area contributed by atoms with Gasteiger partial charge in [0, 0.05) is 24.5 Å². The van der Waals surface area contributed by atoms with Crippen molar-refractivity contribution in [3.63, 3.8) is 0 Å². The molecule has 0 unspecified atom stereocenters. The zero-order valence-electron chi connectivity index (χ0n) is 12.2. The van der Waals surface area contributed by atoms with Crippen LogP contribution in [0.4, 0.5) is 5.13 Å². The van der Waals surface area contributed by atoms with Gasteiger partial charge in [-0.15, -0.1) is 16.4 Å². The van der Waals surface area contributed by atoms with Gasteiger partial charge in [0.1, 0.15) is 11.2 Å². The average molecular weight is 330 g/mol. The number of carbonyl (C=O) groups excluding carboxylic acids is 1. The van der Waals surface area contributed by atoms with Crippen LogP contribution in [0.5, 0.6) is 0 Å². The number of ether oxygens (including phenoxy) is 1. The lowest BCUT2D eigenvalue weighted by Crippen LogP contribution is -2.15. The molecule has 118 valence electrons. The fourth-order valence-electron chi connectivity index (χ4n) is 2.55. The quantitative estimate of drug-likeness (QED) is 0.760. The molecule has 0 aliphatic carbocycles. The van der Waals surface area contributed by atoms with Crippen LogP contribution in [-0.4, -0.2) is 44.5 Å². The molecule has 9 heteroatoms. The number of fused-ring (bicyclic) bond motifs is 1. The first-order chi connectivity index (χ1) is 11.3. The third-order valence-electron chi connectivity index (χ3n) is 3.80. The van der Waals surface area contributed by atoms with E-state index in [0.717, 1.165) is 31.7 Å². The van der Waals surface area contributed by atoms with E-state index in [4.69, 9.17) is 4.74 Å². The highest BCUT2D eigenvalue weighted by atomic mass is 32.1. The molecule has 0 spiro atoms. The van der Waals surface area contributed by atoms with Crippen molar-refractivity contribution < 1.29 is 9.53 Å². The summed E-state index contributed by atoms with van der Waals surface area (Å²) in [6.07, 6.45) is 1.95. The Morgan fingerprint density at radius 2 is 2.13 bits per heavy atom. The molecule has 4 rings (SSSR count). The number of thiazole rings is 1. The maximum atomic E-state index is 12.3. The standard InChI is InChI=1S/C14H14N6O2S/c21-13(10-2-1-9-12(15-10)19-20-18-9)17-14-16-11(7-23-14)8-3-5-22-6-4-8/h1-2,7-8H,3-6H2,(H,16,17,21)(H,15,18,19,20). The van der Waals surface area contributed by atoms with Crippen molar-refractivity contribution in [2.45, 2.75) is 18.8 Å². The predicted octanol–water partition coefficient (Wildman–Crippen LogP) is 1.96. The highest BCUT2D eigenvalue weighted by molar-refractivity contribution is 7.14. The van der Waals surface area contributed by atoms with Gasteiger partial charge < -0.3 is 4.74 Å². The second kappa shape index (κ2) is 6.01. The van der Waals surface area contributed by atoms with Gasteiger partial charge in [-0.3, -0.25) is 10.1 Å². The minimum absolute atomic E-state index is 0.286. The second-order valence-corrected chi connectivity index (χ2v) is 6.14. The maximum absolute atomic E-state index is 12.3. The number of carbonyl (C=O) groups is 1. The Hall–Kier alpha value is -2.39. The van der Waals surface area contributed by atoms with E-state index in [1.165, 1.54) is 11.3 Å². The summed E-state index contributed by atoms with van der Waals surface area (Å²) in [4.78, 5) is 21.0. The Kier molecular flexibility index (Phi) is 3.72. The zero-order valence-corrected chi connectivity index (χ0v) is 13.0. The molecule has 1 saturated heterocycles. The van der Waals surface area contributed by atoms with E-state index in [-0.39, 0.29) is 11.6 Å². The SMILES string of the molecule is O=C(Nc1nc(C2CCOCC2)cs1)c1ccc2n[nH]nc2n1. The Labute approximate surface area is 135 Å². The first-order valence-electron chi connectivity index (χ1n) is 7.31. The smallest absolute Gasteiger partial charge is 0.276 e. The molecule has 0 radical (unpaired) electrons. The summed E-state index contributed by atoms with van der Waals surface area (Å²) >= 11 is 1.43. The molecule has 3 aromatic rings. The molecule has 0 bridgehead atoms. The molecule has 3 aromatic heterocycles. The molecule has 0 atom stereocenters. The van der Waals surface area contributed by atoms with Crippen molar-refractivity contribution in [2.75, 3.05) is 18.5 Å². The topological polar surface area (TPSA) is 106 Å². The number of aromatic amines is 1. The number of nitrogens with zero attached hydrogens (tertiary/aromatic N) is 4. The highest BCUT2D eigenvalue weighted by Gasteiger charge is 2.19. The molecule has 8 nitrogen and oxygen atoms in total. The van der Waals surface area contributed by atoms with Gasteiger partial charge in [0.05, 0.1) is 5.69 Å². The first kappa shape index (κ1) is 14.2. The minimum atomic E-state index is -0.303. The second-order valence-electron chi connectivity index (χ2n) is 5.28. The summed E-state index contributed by atoms with van der Waals surface area (Å²) in [5.41, 5.74) is 2.35. The fourth-order valence-corrected chi connectivity index (χ4v) is 3.34. The van der Waals surface area contributed by atoms with Crippen LogP contribution in [-0.2, 0) is 4.74 Å². The van der Waals surface area contributed by atoms with E-state index < -0.39 is 0 Å². The van der Waals surface area contributed by atoms with Crippen LogP contribution in [0.1, 0.15) is 34.9 Å². The number of anilines is 1. The number of aromatic nitrogens is 5. The van der Waals surface area contributed by atoms with E-state index >= 15 is 0 Å². The first-order valence-corrected chi connectivity index (χ1v) is 8.19. The minimum Gasteiger partial charge on any atom is -0.381 e. The van der Waals surface area contributed by atoms with Crippen LogP contribution < -0.4 is 5.32 Å². The van der Waals surface area contributed by atoms with Crippen LogP contribution >= 0.6 is 11.3 Å². The third kappa shape index (κ3) is 2.92. The molecular formula is C14H14N6O2S. The fraction of sp³-hybridized carbons (Fsp3) is 0.357. The van der Waals surface area contributed by atoms with Crippen LogP contribution in [0, 0.1) is 0 Å². The van der Waals surface area contributed by atoms with E-state index in [1.807, 2.05) is 5.38 Å². The third-order valence-corrected chi connectivity index (χ3v) is 4.57. The van der Waals surface area contributed by atoms with E-state index in [2.05, 4.69) is 30.7 Å². The van der Waals surface area contributed by atoms with E-state index in [1.54, 1.807) is 12.1 Å². The Bertz CT molecular complexity index is 839. The van der Waals surface area contributed by atoms with Crippen molar-refractivity contribution in [2.24, 2.45) is 0 Å². The number of amides is 1. The van der Waals surface area contributed by atoms with Crippen molar-refractivity contribution in [1.82, 2.24) is 25.4 Å². The molecule has 0 aromatic carbocycles. The summed E-state index contributed by atoms with van der Waals surface area (Å²) in [6, 6.07) is 3.32. The lowest BCUT2D eigenvalue weighted by atomic mass is 9.98. The Balaban J connectivity index is 1.48. The summed E-state index contributed by atoms with van der Waals surface area (Å²) in [5, 5.41) is 15.6. The number of nitrogens with one attached hydrogen (secondary N) is 2. The predicted molar refractivity (Wildman–Crippen MR) is 84.5 cm³/mol. The van der Waals surface area contributed by atoms with Crippen LogP contribution in [0.3, 0.4) is 0 Å². The number of rotatable bonds is 3. The van der Waals surface area contributed by atoms with Crippen LogP contribution in [0.25, 0.3) is 11.2 Å². The molecule has 1 aliphatic rings. The molecule has 1 amide bonds. The summed E-state index contributed by atoms with van der Waals surface area (Å²) in [7, 11) is 0. The van der Waals surface area contributed by atoms with Gasteiger partial charge >= 0.3 is 0 Å². The molecule has 1 fully saturated rings. The van der Waals surface area contributed by atoms with Gasteiger partial charge in [-0.05, 0) is 25.0 Å². The van der Waals surface area contributed by atoms with Crippen molar-refractivity contribution in [3.05, 3.63) is 28.9 Å². The van der Waals surface area contributed by atoms with Gasteiger partial charge in [0.25, 0.3) is 5.91 Å². The number of H-pyrrole nitrogens is 1. The number of hydrogen-bond donors (Lipinski definition) is 2. The van der Waals surface area contributed by atoms with Gasteiger partial charge in [-0.1, -0.05) is 0 Å². The van der Waals surface area contributed by atoms with E-state index in [0.29, 0.717) is 22.2 Å². The number of hydrogen-bond acceptors (Lipinski definition) is 7.